The van der Waals surface area contributed by atoms with Gasteiger partial charge in [-0.3, -0.25) is 9.78 Å². The van der Waals surface area contributed by atoms with Crippen molar-refractivity contribution >= 4 is 23.0 Å². The van der Waals surface area contributed by atoms with Crippen LogP contribution in [0, 0.1) is 6.92 Å². The number of pyridine rings is 1. The first-order valence-electron chi connectivity index (χ1n) is 9.62. The van der Waals surface area contributed by atoms with Gasteiger partial charge in [-0.05, 0) is 53.7 Å². The van der Waals surface area contributed by atoms with E-state index in [1.54, 1.807) is 30.5 Å². The number of carbonyl (C=O) groups excluding carboxylic acids is 2. The topological polar surface area (TPSA) is 86.4 Å². The number of esters is 1. The van der Waals surface area contributed by atoms with Crippen LogP contribution in [-0.4, -0.2) is 27.0 Å². The Morgan fingerprint density at radius 3 is 2.52 bits per heavy atom. The molecule has 3 aromatic heterocycles. The molecule has 7 heteroatoms. The van der Waals surface area contributed by atoms with Crippen LogP contribution in [0.1, 0.15) is 68.7 Å². The summed E-state index contributed by atoms with van der Waals surface area (Å²) in [6, 6.07) is 8.70. The Balaban J connectivity index is 1.97. The molecule has 7 nitrogen and oxygen atoms in total. The first-order valence-corrected chi connectivity index (χ1v) is 9.62. The van der Waals surface area contributed by atoms with Crippen molar-refractivity contribution in [3.05, 3.63) is 53.7 Å². The van der Waals surface area contributed by atoms with Gasteiger partial charge in [-0.1, -0.05) is 6.07 Å². The van der Waals surface area contributed by atoms with Crippen molar-refractivity contribution in [2.75, 3.05) is 0 Å². The number of hydrogen-bond acceptors (Lipinski definition) is 5. The third kappa shape index (κ3) is 4.50. The standard InChI is InChI=1S/C22H27N3O4/c1-13(2)25-16-11-14(3)28-18(16)12-17(25)21(27)29-19(15-9-7-8-10-23-15)20(26)24-22(4,5)6/h7-13,19H,1-6H3,(H,24,26). The van der Waals surface area contributed by atoms with Crippen molar-refractivity contribution in [2.45, 2.75) is 59.2 Å². The maximum Gasteiger partial charge on any atom is 0.356 e. The minimum atomic E-state index is -1.16. The zero-order chi connectivity index (χ0) is 21.3. The summed E-state index contributed by atoms with van der Waals surface area (Å²) in [5, 5.41) is 2.86. The van der Waals surface area contributed by atoms with Crippen LogP contribution < -0.4 is 5.32 Å². The summed E-state index contributed by atoms with van der Waals surface area (Å²) in [7, 11) is 0. The van der Waals surface area contributed by atoms with Crippen molar-refractivity contribution in [3.63, 3.8) is 0 Å². The molecule has 1 amide bonds. The average molecular weight is 397 g/mol. The van der Waals surface area contributed by atoms with Gasteiger partial charge < -0.3 is 19.0 Å². The second kappa shape index (κ2) is 7.73. The summed E-state index contributed by atoms with van der Waals surface area (Å²) in [6.07, 6.45) is 0.402. The Labute approximate surface area is 170 Å². The predicted molar refractivity (Wildman–Crippen MR) is 110 cm³/mol. The third-order valence-electron chi connectivity index (χ3n) is 4.29. The highest BCUT2D eigenvalue weighted by Crippen LogP contribution is 2.29. The molecule has 0 aliphatic carbocycles. The minimum absolute atomic E-state index is 0.00347. The van der Waals surface area contributed by atoms with Crippen molar-refractivity contribution in [1.29, 1.82) is 0 Å². The number of furan rings is 1. The second-order valence-electron chi connectivity index (χ2n) is 8.38. The first-order chi connectivity index (χ1) is 13.6. The van der Waals surface area contributed by atoms with Crippen LogP contribution in [0.4, 0.5) is 0 Å². The normalized spacial score (nSPS) is 12.9. The molecular weight excluding hydrogens is 370 g/mol. The Hall–Kier alpha value is -3.09. The molecule has 29 heavy (non-hydrogen) atoms. The number of nitrogens with zero attached hydrogens (tertiary/aromatic N) is 2. The lowest BCUT2D eigenvalue weighted by molar-refractivity contribution is -0.132. The van der Waals surface area contributed by atoms with Crippen LogP contribution >= 0.6 is 0 Å². The van der Waals surface area contributed by atoms with Gasteiger partial charge in [0, 0.05) is 29.9 Å². The van der Waals surface area contributed by atoms with Crippen molar-refractivity contribution in [1.82, 2.24) is 14.9 Å². The monoisotopic (exact) mass is 397 g/mol. The number of aryl methyl sites for hydroxylation is 1. The molecule has 1 atom stereocenters. The van der Waals surface area contributed by atoms with E-state index < -0.39 is 23.5 Å². The van der Waals surface area contributed by atoms with E-state index in [-0.39, 0.29) is 6.04 Å². The highest BCUT2D eigenvalue weighted by molar-refractivity contribution is 5.96. The summed E-state index contributed by atoms with van der Waals surface area (Å²) in [5.74, 6) is -0.269. The van der Waals surface area contributed by atoms with E-state index in [2.05, 4.69) is 10.3 Å². The number of amides is 1. The van der Waals surface area contributed by atoms with Crippen molar-refractivity contribution in [2.24, 2.45) is 0 Å². The molecular formula is C22H27N3O4. The predicted octanol–water partition coefficient (Wildman–Crippen LogP) is 4.33. The van der Waals surface area contributed by atoms with E-state index >= 15 is 0 Å². The number of nitrogens with one attached hydrogen (secondary N) is 1. The Morgan fingerprint density at radius 1 is 1.21 bits per heavy atom. The molecule has 3 rings (SSSR count). The van der Waals surface area contributed by atoms with Gasteiger partial charge in [-0.15, -0.1) is 0 Å². The van der Waals surface area contributed by atoms with E-state index in [9.17, 15) is 9.59 Å². The number of hydrogen-bond donors (Lipinski definition) is 1. The van der Waals surface area contributed by atoms with Crippen molar-refractivity contribution in [3.8, 4) is 0 Å². The Bertz CT molecular complexity index is 1030. The third-order valence-corrected chi connectivity index (χ3v) is 4.29. The van der Waals surface area contributed by atoms with E-state index in [1.165, 1.54) is 0 Å². The summed E-state index contributed by atoms with van der Waals surface area (Å²) in [5.41, 5.74) is 1.64. The molecule has 0 saturated heterocycles. The van der Waals surface area contributed by atoms with Gasteiger partial charge in [0.25, 0.3) is 5.91 Å². The molecule has 0 aromatic carbocycles. The highest BCUT2D eigenvalue weighted by Gasteiger charge is 2.31. The van der Waals surface area contributed by atoms with E-state index in [1.807, 2.05) is 52.2 Å². The molecule has 1 N–H and O–H groups in total. The van der Waals surface area contributed by atoms with Gasteiger partial charge >= 0.3 is 5.97 Å². The fourth-order valence-electron chi connectivity index (χ4n) is 3.23. The SMILES string of the molecule is Cc1cc2c(cc(C(=O)OC(C(=O)NC(C)(C)C)c3ccccn3)n2C(C)C)o1. The molecule has 0 spiro atoms. The molecule has 1 unspecified atom stereocenters. The van der Waals surface area contributed by atoms with Crippen LogP contribution in [0.2, 0.25) is 0 Å². The van der Waals surface area contributed by atoms with Crippen LogP contribution in [0.5, 0.6) is 0 Å². The van der Waals surface area contributed by atoms with Gasteiger partial charge in [0.1, 0.15) is 11.5 Å². The molecule has 0 radical (unpaired) electrons. The number of rotatable bonds is 5. The number of aromatic nitrogens is 2. The van der Waals surface area contributed by atoms with Gasteiger partial charge in [-0.25, -0.2) is 4.79 Å². The van der Waals surface area contributed by atoms with Crippen LogP contribution in [0.3, 0.4) is 0 Å². The summed E-state index contributed by atoms with van der Waals surface area (Å²) in [4.78, 5) is 30.2. The van der Waals surface area contributed by atoms with E-state index in [4.69, 9.17) is 9.15 Å². The molecule has 0 bridgehead atoms. The van der Waals surface area contributed by atoms with E-state index in [0.29, 0.717) is 17.0 Å². The largest absolute Gasteiger partial charge is 0.460 e. The Kier molecular flexibility index (Phi) is 5.50. The Morgan fingerprint density at radius 2 is 1.93 bits per heavy atom. The maximum atomic E-state index is 13.1. The second-order valence-corrected chi connectivity index (χ2v) is 8.38. The number of ether oxygens (including phenoxy) is 1. The summed E-state index contributed by atoms with van der Waals surface area (Å²) < 4.78 is 13.2. The summed E-state index contributed by atoms with van der Waals surface area (Å²) >= 11 is 0. The van der Waals surface area contributed by atoms with Crippen LogP contribution in [0.15, 0.2) is 40.9 Å². The highest BCUT2D eigenvalue weighted by atomic mass is 16.5. The molecule has 3 aromatic rings. The molecule has 154 valence electrons. The average Bonchev–Trinajstić information content (AvgIpc) is 3.14. The zero-order valence-corrected chi connectivity index (χ0v) is 17.6. The number of carbonyl (C=O) groups is 2. The van der Waals surface area contributed by atoms with Crippen molar-refractivity contribution < 1.29 is 18.7 Å². The van der Waals surface area contributed by atoms with Gasteiger partial charge in [-0.2, -0.15) is 0 Å². The minimum Gasteiger partial charge on any atom is -0.460 e. The lowest BCUT2D eigenvalue weighted by Gasteiger charge is -2.25. The first kappa shape index (κ1) is 20.6. The molecule has 0 aliphatic rings. The quantitative estimate of drug-likeness (QED) is 0.648. The molecule has 0 fully saturated rings. The van der Waals surface area contributed by atoms with Gasteiger partial charge in [0.2, 0.25) is 6.10 Å². The zero-order valence-electron chi connectivity index (χ0n) is 17.6. The van der Waals surface area contributed by atoms with Crippen LogP contribution in [0.25, 0.3) is 11.1 Å². The lowest BCUT2D eigenvalue weighted by Crippen LogP contribution is -2.44. The number of fused-ring (bicyclic) bond motifs is 1. The fraction of sp³-hybridized carbons (Fsp3) is 0.409. The van der Waals surface area contributed by atoms with Gasteiger partial charge in [0.15, 0.2) is 5.58 Å². The lowest BCUT2D eigenvalue weighted by atomic mass is 10.1. The van der Waals surface area contributed by atoms with Crippen LogP contribution in [-0.2, 0) is 9.53 Å². The fourth-order valence-corrected chi connectivity index (χ4v) is 3.23. The van der Waals surface area contributed by atoms with E-state index in [0.717, 1.165) is 11.3 Å². The summed E-state index contributed by atoms with van der Waals surface area (Å²) in [6.45, 7) is 11.4. The smallest absolute Gasteiger partial charge is 0.356 e. The maximum absolute atomic E-state index is 13.1. The molecule has 0 saturated carbocycles. The molecule has 3 heterocycles. The van der Waals surface area contributed by atoms with Gasteiger partial charge in [0.05, 0.1) is 11.2 Å². The molecule has 0 aliphatic heterocycles.